The van der Waals surface area contributed by atoms with Crippen molar-refractivity contribution in [3.05, 3.63) is 41.5 Å². The molecule has 7 nitrogen and oxygen atoms in total. The first kappa shape index (κ1) is 22.2. The Labute approximate surface area is 173 Å². The van der Waals surface area contributed by atoms with Gasteiger partial charge in [-0.1, -0.05) is 31.1 Å². The third-order valence-corrected chi connectivity index (χ3v) is 4.80. The Bertz CT molecular complexity index is 845. The predicted molar refractivity (Wildman–Crippen MR) is 105 cm³/mol. The van der Waals surface area contributed by atoms with E-state index in [0.717, 1.165) is 12.5 Å². The van der Waals surface area contributed by atoms with Crippen molar-refractivity contribution < 1.29 is 22.5 Å². The van der Waals surface area contributed by atoms with Gasteiger partial charge in [0.05, 0.1) is 24.3 Å². The first-order valence-corrected chi connectivity index (χ1v) is 9.93. The van der Waals surface area contributed by atoms with Crippen LogP contribution in [0.5, 0.6) is 0 Å². The number of aromatic nitrogens is 2. The second-order valence-corrected chi connectivity index (χ2v) is 7.85. The standard InChI is InChI=1S/C20H26F3N5O2/c1-14(2)11-17-25-19(30-26-17)13-28-9-7-27(8-10-28)12-18(29)24-16-6-4-3-5-15(16)20(21,22)23/h3-6,14H,7-13H2,1-2H3,(H,24,29). The molecule has 30 heavy (non-hydrogen) atoms. The molecule has 1 aliphatic heterocycles. The van der Waals surface area contributed by atoms with Gasteiger partial charge in [-0.05, 0) is 18.1 Å². The van der Waals surface area contributed by atoms with Crippen molar-refractivity contribution in [3.63, 3.8) is 0 Å². The summed E-state index contributed by atoms with van der Waals surface area (Å²) < 4.78 is 44.5. The van der Waals surface area contributed by atoms with Crippen LogP contribution in [-0.4, -0.2) is 58.6 Å². The molecule has 164 valence electrons. The van der Waals surface area contributed by atoms with Crippen molar-refractivity contribution in [1.82, 2.24) is 19.9 Å². The predicted octanol–water partition coefficient (Wildman–Crippen LogP) is 3.04. The lowest BCUT2D eigenvalue weighted by molar-refractivity contribution is -0.137. The number of carbonyl (C=O) groups excluding carboxylic acids is 1. The Morgan fingerprint density at radius 3 is 2.50 bits per heavy atom. The maximum atomic E-state index is 13.1. The van der Waals surface area contributed by atoms with E-state index in [2.05, 4.69) is 34.2 Å². The van der Waals surface area contributed by atoms with Crippen molar-refractivity contribution in [2.24, 2.45) is 5.92 Å². The molecule has 1 amide bonds. The highest BCUT2D eigenvalue weighted by Crippen LogP contribution is 2.34. The summed E-state index contributed by atoms with van der Waals surface area (Å²) in [6.07, 6.45) is -3.75. The van der Waals surface area contributed by atoms with E-state index in [1.165, 1.54) is 18.2 Å². The fourth-order valence-electron chi connectivity index (χ4n) is 3.33. The number of piperazine rings is 1. The zero-order valence-corrected chi connectivity index (χ0v) is 17.1. The van der Waals surface area contributed by atoms with Crippen molar-refractivity contribution in [2.45, 2.75) is 33.0 Å². The summed E-state index contributed by atoms with van der Waals surface area (Å²) in [5.74, 6) is 1.26. The van der Waals surface area contributed by atoms with Crippen LogP contribution in [0.1, 0.15) is 31.1 Å². The maximum absolute atomic E-state index is 13.1. The summed E-state index contributed by atoms with van der Waals surface area (Å²) in [4.78, 5) is 20.7. The Balaban J connectivity index is 1.46. The van der Waals surface area contributed by atoms with Crippen molar-refractivity contribution in [3.8, 4) is 0 Å². The van der Waals surface area contributed by atoms with Crippen LogP contribution in [0.3, 0.4) is 0 Å². The average molecular weight is 425 g/mol. The molecule has 10 heteroatoms. The quantitative estimate of drug-likeness (QED) is 0.735. The Hall–Kier alpha value is -2.46. The first-order chi connectivity index (χ1) is 14.2. The molecule has 0 radical (unpaired) electrons. The summed E-state index contributed by atoms with van der Waals surface area (Å²) in [5, 5.41) is 6.37. The van der Waals surface area contributed by atoms with E-state index < -0.39 is 17.6 Å². The minimum absolute atomic E-state index is 0.0408. The highest BCUT2D eigenvalue weighted by molar-refractivity contribution is 5.93. The lowest BCUT2D eigenvalue weighted by atomic mass is 10.1. The molecule has 2 heterocycles. The Morgan fingerprint density at radius 2 is 1.83 bits per heavy atom. The molecule has 3 rings (SSSR count). The molecule has 0 saturated carbocycles. The second-order valence-electron chi connectivity index (χ2n) is 7.85. The van der Waals surface area contributed by atoms with Crippen LogP contribution < -0.4 is 5.32 Å². The van der Waals surface area contributed by atoms with Gasteiger partial charge < -0.3 is 9.84 Å². The van der Waals surface area contributed by atoms with Gasteiger partial charge in [0.15, 0.2) is 5.82 Å². The number of carbonyl (C=O) groups is 1. The molecular formula is C20H26F3N5O2. The van der Waals surface area contributed by atoms with E-state index in [4.69, 9.17) is 4.52 Å². The van der Waals surface area contributed by atoms with Crippen LogP contribution in [0.2, 0.25) is 0 Å². The number of amides is 1. The number of hydrogen-bond donors (Lipinski definition) is 1. The van der Waals surface area contributed by atoms with E-state index in [1.807, 2.05) is 4.90 Å². The number of halogens is 3. The molecular weight excluding hydrogens is 399 g/mol. The molecule has 0 spiro atoms. The van der Waals surface area contributed by atoms with Gasteiger partial charge in [0.1, 0.15) is 0 Å². The number of nitrogens with zero attached hydrogens (tertiary/aromatic N) is 4. The number of rotatable bonds is 7. The second kappa shape index (κ2) is 9.57. The molecule has 0 aliphatic carbocycles. The number of benzene rings is 1. The topological polar surface area (TPSA) is 74.5 Å². The van der Waals surface area contributed by atoms with Gasteiger partial charge in [0.25, 0.3) is 0 Å². The SMILES string of the molecule is CC(C)Cc1noc(CN2CCN(CC(=O)Nc3ccccc3C(F)(F)F)CC2)n1. The lowest BCUT2D eigenvalue weighted by Crippen LogP contribution is -2.48. The smallest absolute Gasteiger partial charge is 0.338 e. The van der Waals surface area contributed by atoms with Crippen molar-refractivity contribution in [2.75, 3.05) is 38.0 Å². The fourth-order valence-corrected chi connectivity index (χ4v) is 3.33. The minimum Gasteiger partial charge on any atom is -0.338 e. The summed E-state index contributed by atoms with van der Waals surface area (Å²) >= 11 is 0. The molecule has 1 aliphatic rings. The van der Waals surface area contributed by atoms with Gasteiger partial charge in [-0.15, -0.1) is 0 Å². The van der Waals surface area contributed by atoms with Gasteiger partial charge >= 0.3 is 6.18 Å². The van der Waals surface area contributed by atoms with E-state index in [1.54, 1.807) is 0 Å². The van der Waals surface area contributed by atoms with Gasteiger partial charge in [-0.3, -0.25) is 14.6 Å². The molecule has 2 aromatic rings. The molecule has 1 aromatic heterocycles. The van der Waals surface area contributed by atoms with Crippen LogP contribution in [0, 0.1) is 5.92 Å². The van der Waals surface area contributed by atoms with Crippen LogP contribution >= 0.6 is 0 Å². The first-order valence-electron chi connectivity index (χ1n) is 9.93. The van der Waals surface area contributed by atoms with Crippen molar-refractivity contribution >= 4 is 11.6 Å². The number of anilines is 1. The van der Waals surface area contributed by atoms with Gasteiger partial charge in [-0.25, -0.2) is 0 Å². The molecule has 0 atom stereocenters. The summed E-state index contributed by atoms with van der Waals surface area (Å²) in [7, 11) is 0. The average Bonchev–Trinajstić information content (AvgIpc) is 3.09. The highest BCUT2D eigenvalue weighted by atomic mass is 19.4. The number of para-hydroxylation sites is 1. The molecule has 0 bridgehead atoms. The van der Waals surface area contributed by atoms with E-state index >= 15 is 0 Å². The lowest BCUT2D eigenvalue weighted by Gasteiger charge is -2.33. The van der Waals surface area contributed by atoms with Crippen LogP contribution in [0.15, 0.2) is 28.8 Å². The Kier molecular flexibility index (Phi) is 7.09. The molecule has 1 saturated heterocycles. The normalized spacial score (nSPS) is 16.2. The van der Waals surface area contributed by atoms with Gasteiger partial charge in [0, 0.05) is 32.6 Å². The van der Waals surface area contributed by atoms with Gasteiger partial charge in [0.2, 0.25) is 11.8 Å². The zero-order chi connectivity index (χ0) is 21.7. The highest BCUT2D eigenvalue weighted by Gasteiger charge is 2.33. The third kappa shape index (κ3) is 6.27. The van der Waals surface area contributed by atoms with Crippen LogP contribution in [-0.2, 0) is 23.9 Å². The van der Waals surface area contributed by atoms with E-state index in [-0.39, 0.29) is 12.2 Å². The molecule has 1 N–H and O–H groups in total. The number of nitrogens with one attached hydrogen (secondary N) is 1. The molecule has 1 fully saturated rings. The number of alkyl halides is 3. The zero-order valence-electron chi connectivity index (χ0n) is 17.1. The summed E-state index contributed by atoms with van der Waals surface area (Å²) in [6.45, 7) is 7.43. The van der Waals surface area contributed by atoms with Crippen LogP contribution in [0.4, 0.5) is 18.9 Å². The largest absolute Gasteiger partial charge is 0.418 e. The Morgan fingerprint density at radius 1 is 1.17 bits per heavy atom. The summed E-state index contributed by atoms with van der Waals surface area (Å²) in [6, 6.07) is 4.98. The van der Waals surface area contributed by atoms with Crippen molar-refractivity contribution in [1.29, 1.82) is 0 Å². The maximum Gasteiger partial charge on any atom is 0.418 e. The fraction of sp³-hybridized carbons (Fsp3) is 0.550. The molecule has 1 aromatic carbocycles. The molecule has 0 unspecified atom stereocenters. The van der Waals surface area contributed by atoms with Crippen LogP contribution in [0.25, 0.3) is 0 Å². The monoisotopic (exact) mass is 425 g/mol. The van der Waals surface area contributed by atoms with E-state index in [0.29, 0.717) is 50.4 Å². The summed E-state index contributed by atoms with van der Waals surface area (Å²) in [5.41, 5.74) is -1.07. The number of hydrogen-bond acceptors (Lipinski definition) is 6. The third-order valence-electron chi connectivity index (χ3n) is 4.80. The minimum atomic E-state index is -4.51. The van der Waals surface area contributed by atoms with Gasteiger partial charge in [-0.2, -0.15) is 18.2 Å². The van der Waals surface area contributed by atoms with E-state index in [9.17, 15) is 18.0 Å².